The Morgan fingerprint density at radius 3 is 2.27 bits per heavy atom. The SMILES string of the molecule is C#C[C@@]1(O)CC[C@@]2(C)[C@H](CC[C@@H]3[C@@H]2CC[C@]2(C)[C@@H]([C@H](C)[C@H](O)C(F)(F)F)CC[C@@H]32)C1. The summed E-state index contributed by atoms with van der Waals surface area (Å²) >= 11 is 0. The second-order valence-corrected chi connectivity index (χ2v) is 11.6. The van der Waals surface area contributed by atoms with Gasteiger partial charge in [-0.25, -0.2) is 0 Å². The first-order chi connectivity index (χ1) is 13.9. The number of rotatable bonds is 2. The molecule has 0 aromatic carbocycles. The summed E-state index contributed by atoms with van der Waals surface area (Å²) in [5, 5.41) is 20.6. The molecule has 0 spiro atoms. The fourth-order valence-corrected chi connectivity index (χ4v) is 8.80. The number of fused-ring (bicyclic) bond motifs is 5. The average Bonchev–Trinajstić information content (AvgIpc) is 3.04. The molecule has 4 fully saturated rings. The lowest BCUT2D eigenvalue weighted by Gasteiger charge is -2.62. The Labute approximate surface area is 179 Å². The van der Waals surface area contributed by atoms with Gasteiger partial charge >= 0.3 is 6.18 Å². The van der Waals surface area contributed by atoms with Crippen molar-refractivity contribution in [1.29, 1.82) is 0 Å². The van der Waals surface area contributed by atoms with E-state index in [2.05, 4.69) is 19.8 Å². The van der Waals surface area contributed by atoms with Crippen LogP contribution in [0.1, 0.15) is 78.6 Å². The normalized spacial score (nSPS) is 50.6. The molecule has 0 heterocycles. The van der Waals surface area contributed by atoms with Gasteiger partial charge in [0.25, 0.3) is 0 Å². The molecule has 2 nitrogen and oxygen atoms in total. The van der Waals surface area contributed by atoms with E-state index in [9.17, 15) is 23.4 Å². The molecule has 0 unspecified atom stereocenters. The standard InChI is InChI=1S/C25H37F3O2/c1-5-24(30)13-12-22(3)16(14-24)6-7-17-19-9-8-18(15(2)21(29)25(26,27)28)23(19,4)11-10-20(17)22/h1,15-21,29-30H,6-14H2,2-4H3/t15-,16+,17-,18+,19-,20-,21-,22-,23+,24+/m0/s1. The molecule has 4 saturated carbocycles. The van der Waals surface area contributed by atoms with Crippen LogP contribution >= 0.6 is 0 Å². The number of hydrogen-bond donors (Lipinski definition) is 2. The highest BCUT2D eigenvalue weighted by molar-refractivity contribution is 5.16. The highest BCUT2D eigenvalue weighted by Crippen LogP contribution is 2.69. The first-order valence-corrected chi connectivity index (χ1v) is 11.8. The Kier molecular flexibility index (Phi) is 5.34. The topological polar surface area (TPSA) is 40.5 Å². The molecule has 0 radical (unpaired) electrons. The highest BCUT2D eigenvalue weighted by atomic mass is 19.4. The second-order valence-electron chi connectivity index (χ2n) is 11.6. The van der Waals surface area contributed by atoms with Gasteiger partial charge in [0.05, 0.1) is 0 Å². The molecule has 10 atom stereocenters. The van der Waals surface area contributed by atoms with E-state index in [0.717, 1.165) is 44.9 Å². The van der Waals surface area contributed by atoms with Crippen molar-refractivity contribution in [3.8, 4) is 12.3 Å². The third-order valence-electron chi connectivity index (χ3n) is 10.5. The molecule has 0 aromatic rings. The number of alkyl halides is 3. The fraction of sp³-hybridized carbons (Fsp3) is 0.920. The fourth-order valence-electron chi connectivity index (χ4n) is 8.80. The van der Waals surface area contributed by atoms with Crippen molar-refractivity contribution in [3.63, 3.8) is 0 Å². The zero-order valence-corrected chi connectivity index (χ0v) is 18.5. The number of hydrogen-bond acceptors (Lipinski definition) is 2. The van der Waals surface area contributed by atoms with Gasteiger partial charge in [0, 0.05) is 0 Å². The van der Waals surface area contributed by atoms with Crippen LogP contribution in [-0.4, -0.2) is 28.1 Å². The Morgan fingerprint density at radius 1 is 0.967 bits per heavy atom. The predicted molar refractivity (Wildman–Crippen MR) is 110 cm³/mol. The monoisotopic (exact) mass is 426 g/mol. The van der Waals surface area contributed by atoms with Crippen LogP contribution < -0.4 is 0 Å². The van der Waals surface area contributed by atoms with Gasteiger partial charge in [0.1, 0.15) is 5.60 Å². The van der Waals surface area contributed by atoms with Crippen LogP contribution in [0.2, 0.25) is 0 Å². The van der Waals surface area contributed by atoms with Gasteiger partial charge in [-0.2, -0.15) is 13.2 Å². The van der Waals surface area contributed by atoms with Gasteiger partial charge in [-0.15, -0.1) is 6.42 Å². The maximum atomic E-state index is 13.2. The minimum absolute atomic E-state index is 0.0801. The summed E-state index contributed by atoms with van der Waals surface area (Å²) in [5.41, 5.74) is -0.922. The van der Waals surface area contributed by atoms with Gasteiger partial charge in [-0.3, -0.25) is 0 Å². The third-order valence-corrected chi connectivity index (χ3v) is 10.5. The van der Waals surface area contributed by atoms with E-state index in [1.807, 2.05) is 0 Å². The summed E-state index contributed by atoms with van der Waals surface area (Å²) in [7, 11) is 0. The summed E-state index contributed by atoms with van der Waals surface area (Å²) in [4.78, 5) is 0. The van der Waals surface area contributed by atoms with E-state index in [1.54, 1.807) is 6.92 Å². The number of halogens is 3. The molecule has 170 valence electrons. The van der Waals surface area contributed by atoms with Crippen LogP contribution in [0.4, 0.5) is 13.2 Å². The molecule has 5 heteroatoms. The summed E-state index contributed by atoms with van der Waals surface area (Å²) in [6, 6.07) is 0. The van der Waals surface area contributed by atoms with Crippen molar-refractivity contribution in [3.05, 3.63) is 0 Å². The number of aliphatic hydroxyl groups excluding tert-OH is 1. The molecule has 0 saturated heterocycles. The molecule has 2 N–H and O–H groups in total. The number of aliphatic hydroxyl groups is 2. The van der Waals surface area contributed by atoms with Crippen molar-refractivity contribution in [2.24, 2.45) is 46.3 Å². The second kappa shape index (κ2) is 7.14. The minimum atomic E-state index is -4.55. The molecule has 4 aliphatic rings. The van der Waals surface area contributed by atoms with E-state index in [0.29, 0.717) is 36.5 Å². The average molecular weight is 427 g/mol. The first kappa shape index (κ1) is 22.5. The quantitative estimate of drug-likeness (QED) is 0.567. The van der Waals surface area contributed by atoms with Crippen LogP contribution in [0.5, 0.6) is 0 Å². The van der Waals surface area contributed by atoms with Crippen molar-refractivity contribution < 1.29 is 23.4 Å². The van der Waals surface area contributed by atoms with E-state index < -0.39 is 23.8 Å². The largest absolute Gasteiger partial charge is 0.414 e. The van der Waals surface area contributed by atoms with Crippen LogP contribution in [0.15, 0.2) is 0 Å². The van der Waals surface area contributed by atoms with E-state index in [-0.39, 0.29) is 16.7 Å². The van der Waals surface area contributed by atoms with Gasteiger partial charge in [-0.05, 0) is 104 Å². The smallest absolute Gasteiger partial charge is 0.383 e. The lowest BCUT2D eigenvalue weighted by Crippen LogP contribution is -2.56. The summed E-state index contributed by atoms with van der Waals surface area (Å²) < 4.78 is 39.6. The highest BCUT2D eigenvalue weighted by Gasteiger charge is 2.62. The molecule has 0 amide bonds. The molecular weight excluding hydrogens is 389 g/mol. The predicted octanol–water partition coefficient (Wildman–Crippen LogP) is 5.57. The number of terminal acetylenes is 1. The van der Waals surface area contributed by atoms with Crippen molar-refractivity contribution >= 4 is 0 Å². The minimum Gasteiger partial charge on any atom is -0.383 e. The summed E-state index contributed by atoms with van der Waals surface area (Å²) in [6.07, 6.45) is 7.02. The summed E-state index contributed by atoms with van der Waals surface area (Å²) in [6.45, 7) is 6.19. The van der Waals surface area contributed by atoms with Gasteiger partial charge < -0.3 is 10.2 Å². The molecule has 30 heavy (non-hydrogen) atoms. The van der Waals surface area contributed by atoms with E-state index >= 15 is 0 Å². The Morgan fingerprint density at radius 2 is 1.63 bits per heavy atom. The maximum Gasteiger partial charge on any atom is 0.414 e. The Hall–Kier alpha value is -0.730. The van der Waals surface area contributed by atoms with Crippen molar-refractivity contribution in [2.75, 3.05) is 0 Å². The van der Waals surface area contributed by atoms with Crippen LogP contribution in [-0.2, 0) is 0 Å². The Balaban J connectivity index is 1.55. The van der Waals surface area contributed by atoms with Crippen LogP contribution in [0.3, 0.4) is 0 Å². The molecular formula is C25H37F3O2. The van der Waals surface area contributed by atoms with Gasteiger partial charge in [-0.1, -0.05) is 26.7 Å². The summed E-state index contributed by atoms with van der Waals surface area (Å²) in [5.74, 6) is 3.77. The zero-order chi connectivity index (χ0) is 22.1. The van der Waals surface area contributed by atoms with E-state index in [1.165, 1.54) is 0 Å². The van der Waals surface area contributed by atoms with Crippen molar-refractivity contribution in [1.82, 2.24) is 0 Å². The van der Waals surface area contributed by atoms with Crippen molar-refractivity contribution in [2.45, 2.75) is 96.4 Å². The van der Waals surface area contributed by atoms with E-state index in [4.69, 9.17) is 6.42 Å². The lowest BCUT2D eigenvalue weighted by molar-refractivity contribution is -0.228. The zero-order valence-electron chi connectivity index (χ0n) is 18.5. The molecule has 0 aliphatic heterocycles. The molecule has 4 rings (SSSR count). The van der Waals surface area contributed by atoms with Crippen LogP contribution in [0, 0.1) is 58.7 Å². The molecule has 0 aromatic heterocycles. The molecule has 4 aliphatic carbocycles. The maximum absolute atomic E-state index is 13.2. The molecule has 0 bridgehead atoms. The Bertz CT molecular complexity index is 714. The van der Waals surface area contributed by atoms with Gasteiger partial charge in [0.15, 0.2) is 6.10 Å². The first-order valence-electron chi connectivity index (χ1n) is 11.8. The van der Waals surface area contributed by atoms with Crippen LogP contribution in [0.25, 0.3) is 0 Å². The third kappa shape index (κ3) is 3.24. The lowest BCUT2D eigenvalue weighted by atomic mass is 9.43. The van der Waals surface area contributed by atoms with Gasteiger partial charge in [0.2, 0.25) is 0 Å².